The van der Waals surface area contributed by atoms with E-state index in [1.54, 1.807) is 0 Å². The molecule has 1 aliphatic rings. The first-order chi connectivity index (χ1) is 14.5. The lowest BCUT2D eigenvalue weighted by molar-refractivity contribution is -0.126. The van der Waals surface area contributed by atoms with Crippen molar-refractivity contribution in [3.8, 4) is 0 Å². The first-order valence-electron chi connectivity index (χ1n) is 11.1. The Kier molecular flexibility index (Phi) is 7.72. The fourth-order valence-electron chi connectivity index (χ4n) is 4.48. The van der Waals surface area contributed by atoms with Crippen molar-refractivity contribution in [3.63, 3.8) is 0 Å². The normalized spacial score (nSPS) is 18.8. The molecule has 3 rings (SSSR count). The second-order valence-electron chi connectivity index (χ2n) is 8.36. The first kappa shape index (κ1) is 22.1. The Morgan fingerprint density at radius 3 is 2.47 bits per heavy atom. The Balaban J connectivity index is 1.46. The third-order valence-corrected chi connectivity index (χ3v) is 6.28. The number of ether oxygens (including phenoxy) is 1. The number of nitrogens with one attached hydrogen (secondary N) is 1. The molecule has 30 heavy (non-hydrogen) atoms. The molecule has 1 heterocycles. The van der Waals surface area contributed by atoms with Gasteiger partial charge in [-0.25, -0.2) is 4.79 Å². The van der Waals surface area contributed by atoms with Crippen molar-refractivity contribution in [1.29, 1.82) is 0 Å². The molecule has 1 N–H and O–H groups in total. The lowest BCUT2D eigenvalue weighted by Crippen LogP contribution is -2.35. The molecule has 0 bridgehead atoms. The Morgan fingerprint density at radius 2 is 1.80 bits per heavy atom. The van der Waals surface area contributed by atoms with Gasteiger partial charge in [-0.05, 0) is 70.4 Å². The first-order valence-corrected chi connectivity index (χ1v) is 11.1. The summed E-state index contributed by atoms with van der Waals surface area (Å²) in [6, 6.07) is 12.2. The predicted octanol–water partition coefficient (Wildman–Crippen LogP) is 4.45. The van der Waals surface area contributed by atoms with Crippen molar-refractivity contribution < 1.29 is 14.3 Å². The minimum absolute atomic E-state index is 0.124. The van der Waals surface area contributed by atoms with Gasteiger partial charge in [-0.3, -0.25) is 4.79 Å². The fourth-order valence-corrected chi connectivity index (χ4v) is 4.48. The summed E-state index contributed by atoms with van der Waals surface area (Å²) in [5.41, 5.74) is 3.99. The third-order valence-electron chi connectivity index (χ3n) is 6.28. The highest BCUT2D eigenvalue weighted by Gasteiger charge is 2.27. The van der Waals surface area contributed by atoms with E-state index in [1.807, 2.05) is 45.0 Å². The maximum atomic E-state index is 12.5. The molecular formula is C25H34N2O3. The van der Waals surface area contributed by atoms with Gasteiger partial charge >= 0.3 is 5.97 Å². The predicted molar refractivity (Wildman–Crippen MR) is 118 cm³/mol. The summed E-state index contributed by atoms with van der Waals surface area (Å²) in [6.45, 7) is 7.85. The third kappa shape index (κ3) is 5.53. The second kappa shape index (κ2) is 10.5. The number of aryl methyl sites for hydroxylation is 1. The molecule has 0 aliphatic heterocycles. The van der Waals surface area contributed by atoms with Crippen LogP contribution in [0.25, 0.3) is 0 Å². The molecule has 1 aromatic carbocycles. The topological polar surface area (TPSA) is 60.3 Å². The van der Waals surface area contributed by atoms with E-state index in [1.165, 1.54) is 5.56 Å². The Hall–Kier alpha value is -2.56. The van der Waals surface area contributed by atoms with Gasteiger partial charge in [0.05, 0.1) is 12.2 Å². The Labute approximate surface area is 179 Å². The lowest BCUT2D eigenvalue weighted by Gasteiger charge is -2.29. The van der Waals surface area contributed by atoms with E-state index in [0.717, 1.165) is 50.0 Å². The van der Waals surface area contributed by atoms with Crippen molar-refractivity contribution in [3.05, 3.63) is 58.9 Å². The van der Waals surface area contributed by atoms with Gasteiger partial charge in [0.15, 0.2) is 0 Å². The highest BCUT2D eigenvalue weighted by Crippen LogP contribution is 2.31. The van der Waals surface area contributed by atoms with Crippen LogP contribution in [0.15, 0.2) is 36.4 Å². The van der Waals surface area contributed by atoms with Gasteiger partial charge in [0.2, 0.25) is 5.91 Å². The summed E-state index contributed by atoms with van der Waals surface area (Å²) < 4.78 is 7.40. The molecule has 0 saturated heterocycles. The summed E-state index contributed by atoms with van der Waals surface area (Å²) >= 11 is 0. The molecule has 1 aliphatic carbocycles. The quantitative estimate of drug-likeness (QED) is 0.654. The SMILES string of the molecule is CCOC(=O)c1cc(C)n(CC2CCC(C(=O)NCCc3ccccc3)CC2)c1C. The van der Waals surface area contributed by atoms with E-state index >= 15 is 0 Å². The van der Waals surface area contributed by atoms with E-state index in [-0.39, 0.29) is 17.8 Å². The van der Waals surface area contributed by atoms with Gasteiger partial charge in [0, 0.05) is 30.4 Å². The molecule has 5 nitrogen and oxygen atoms in total. The number of benzene rings is 1. The number of nitrogens with zero attached hydrogens (tertiary/aromatic N) is 1. The molecule has 0 radical (unpaired) electrons. The second-order valence-corrected chi connectivity index (χ2v) is 8.36. The van der Waals surface area contributed by atoms with Crippen LogP contribution in [0.2, 0.25) is 0 Å². The van der Waals surface area contributed by atoms with Gasteiger partial charge < -0.3 is 14.6 Å². The van der Waals surface area contributed by atoms with Crippen molar-refractivity contribution in [2.45, 2.75) is 59.4 Å². The molecule has 1 fully saturated rings. The number of hydrogen-bond donors (Lipinski definition) is 1. The van der Waals surface area contributed by atoms with Crippen LogP contribution >= 0.6 is 0 Å². The summed E-state index contributed by atoms with van der Waals surface area (Å²) in [4.78, 5) is 24.7. The van der Waals surface area contributed by atoms with Gasteiger partial charge in [-0.2, -0.15) is 0 Å². The van der Waals surface area contributed by atoms with Gasteiger partial charge in [-0.1, -0.05) is 30.3 Å². The average molecular weight is 411 g/mol. The largest absolute Gasteiger partial charge is 0.462 e. The van der Waals surface area contributed by atoms with Crippen LogP contribution in [0, 0.1) is 25.7 Å². The molecule has 1 amide bonds. The number of carbonyl (C=O) groups is 2. The minimum Gasteiger partial charge on any atom is -0.462 e. The van der Waals surface area contributed by atoms with Crippen molar-refractivity contribution in [2.24, 2.45) is 11.8 Å². The Morgan fingerprint density at radius 1 is 1.10 bits per heavy atom. The van der Waals surface area contributed by atoms with Crippen molar-refractivity contribution in [2.75, 3.05) is 13.2 Å². The van der Waals surface area contributed by atoms with Gasteiger partial charge in [-0.15, -0.1) is 0 Å². The molecule has 1 aromatic heterocycles. The molecular weight excluding hydrogens is 376 g/mol. The van der Waals surface area contributed by atoms with Crippen molar-refractivity contribution in [1.82, 2.24) is 9.88 Å². The van der Waals surface area contributed by atoms with E-state index < -0.39 is 0 Å². The smallest absolute Gasteiger partial charge is 0.339 e. The zero-order valence-electron chi connectivity index (χ0n) is 18.4. The number of rotatable bonds is 8. The summed E-state index contributed by atoms with van der Waals surface area (Å²) in [5.74, 6) is 0.618. The van der Waals surface area contributed by atoms with Crippen LogP contribution in [0.4, 0.5) is 0 Å². The van der Waals surface area contributed by atoms with Crippen LogP contribution in [0.5, 0.6) is 0 Å². The number of hydrogen-bond acceptors (Lipinski definition) is 3. The number of amides is 1. The van der Waals surface area contributed by atoms with Gasteiger partial charge in [0.1, 0.15) is 0 Å². The van der Waals surface area contributed by atoms with E-state index in [2.05, 4.69) is 22.0 Å². The van der Waals surface area contributed by atoms with E-state index in [4.69, 9.17) is 4.74 Å². The molecule has 2 aromatic rings. The Bertz CT molecular complexity index is 849. The number of esters is 1. The molecule has 0 unspecified atom stereocenters. The molecule has 162 valence electrons. The molecule has 1 saturated carbocycles. The van der Waals surface area contributed by atoms with Crippen LogP contribution in [-0.2, 0) is 22.5 Å². The van der Waals surface area contributed by atoms with Crippen molar-refractivity contribution >= 4 is 11.9 Å². The van der Waals surface area contributed by atoms with Crippen LogP contribution < -0.4 is 5.32 Å². The summed E-state index contributed by atoms with van der Waals surface area (Å²) in [7, 11) is 0. The standard InChI is InChI=1S/C25H34N2O3/c1-4-30-25(29)23-16-18(2)27(19(23)3)17-21-10-12-22(13-11-21)24(28)26-15-14-20-8-6-5-7-9-20/h5-9,16,21-22H,4,10-15,17H2,1-3H3,(H,26,28). The molecule has 5 heteroatoms. The fraction of sp³-hybridized carbons (Fsp3) is 0.520. The monoisotopic (exact) mass is 410 g/mol. The zero-order chi connectivity index (χ0) is 21.5. The molecule has 0 spiro atoms. The van der Waals surface area contributed by atoms with E-state index in [9.17, 15) is 9.59 Å². The maximum Gasteiger partial charge on any atom is 0.339 e. The van der Waals surface area contributed by atoms with E-state index in [0.29, 0.717) is 24.6 Å². The van der Waals surface area contributed by atoms with Gasteiger partial charge in [0.25, 0.3) is 0 Å². The highest BCUT2D eigenvalue weighted by molar-refractivity contribution is 5.91. The van der Waals surface area contributed by atoms with Crippen LogP contribution in [-0.4, -0.2) is 29.6 Å². The summed E-state index contributed by atoms with van der Waals surface area (Å²) in [6.07, 6.45) is 4.83. The van der Waals surface area contributed by atoms with Crippen LogP contribution in [0.1, 0.15) is 59.9 Å². The zero-order valence-corrected chi connectivity index (χ0v) is 18.4. The number of carbonyl (C=O) groups excluding carboxylic acids is 2. The van der Waals surface area contributed by atoms with Crippen LogP contribution in [0.3, 0.4) is 0 Å². The minimum atomic E-state index is -0.243. The average Bonchev–Trinajstić information content (AvgIpc) is 3.03. The number of aromatic nitrogens is 1. The lowest BCUT2D eigenvalue weighted by atomic mass is 9.81. The maximum absolute atomic E-state index is 12.5. The highest BCUT2D eigenvalue weighted by atomic mass is 16.5. The molecule has 0 atom stereocenters. The summed E-state index contributed by atoms with van der Waals surface area (Å²) in [5, 5.41) is 3.12.